The Morgan fingerprint density at radius 3 is 2.12 bits per heavy atom. The molecule has 3 heteroatoms. The van der Waals surface area contributed by atoms with Gasteiger partial charge in [0.25, 0.3) is 0 Å². The molecule has 0 saturated heterocycles. The zero-order valence-electron chi connectivity index (χ0n) is 13.4. The second-order valence-corrected chi connectivity index (χ2v) is 6.03. The van der Waals surface area contributed by atoms with Crippen molar-refractivity contribution in [2.45, 2.75) is 12.5 Å². The maximum atomic E-state index is 6.33. The molecule has 0 aliphatic heterocycles. The fraction of sp³-hybridized carbons (Fsp3) is 0.0952. The third-order valence-corrected chi connectivity index (χ3v) is 4.16. The van der Waals surface area contributed by atoms with Crippen LogP contribution in [0.25, 0.3) is 21.8 Å². The minimum atomic E-state index is -0.743. The first kappa shape index (κ1) is 14.6. The maximum Gasteiger partial charge on any atom is 0.132 e. The summed E-state index contributed by atoms with van der Waals surface area (Å²) in [5, 5.41) is 2.03. The van der Waals surface area contributed by atoms with Gasteiger partial charge < -0.3 is 4.74 Å². The summed E-state index contributed by atoms with van der Waals surface area (Å²) < 4.78 is 6.33. The Hall–Kier alpha value is -2.94. The molecule has 117 valence electrons. The maximum absolute atomic E-state index is 6.33. The summed E-state index contributed by atoms with van der Waals surface area (Å²) in [4.78, 5) is 8.80. The molecule has 0 amide bonds. The van der Waals surface area contributed by atoms with Crippen molar-refractivity contribution in [3.63, 3.8) is 0 Å². The predicted molar refractivity (Wildman–Crippen MR) is 96.8 cm³/mol. The molecule has 4 aromatic rings. The van der Waals surface area contributed by atoms with Crippen LogP contribution in [0.4, 0.5) is 0 Å². The van der Waals surface area contributed by atoms with Gasteiger partial charge in [-0.2, -0.15) is 0 Å². The molecule has 0 aliphatic carbocycles. The molecule has 0 N–H and O–H groups in total. The normalized spacial score (nSPS) is 11.8. The number of benzene rings is 2. The third kappa shape index (κ3) is 2.48. The highest BCUT2D eigenvalue weighted by atomic mass is 16.5. The number of aromatic nitrogens is 2. The first-order valence-electron chi connectivity index (χ1n) is 7.87. The van der Waals surface area contributed by atoms with Crippen LogP contribution in [0.15, 0.2) is 73.1 Å². The van der Waals surface area contributed by atoms with Gasteiger partial charge in [0.05, 0.1) is 11.0 Å². The van der Waals surface area contributed by atoms with Crippen LogP contribution in [0.5, 0.6) is 5.75 Å². The lowest BCUT2D eigenvalue weighted by Gasteiger charge is -2.28. The summed E-state index contributed by atoms with van der Waals surface area (Å²) in [5.74, 6) is 0.777. The molecule has 24 heavy (non-hydrogen) atoms. The molecule has 3 nitrogen and oxygen atoms in total. The van der Waals surface area contributed by atoms with E-state index in [2.05, 4.69) is 23.0 Å². The van der Waals surface area contributed by atoms with Gasteiger partial charge in [0.2, 0.25) is 0 Å². The van der Waals surface area contributed by atoms with Crippen molar-refractivity contribution < 1.29 is 4.74 Å². The molecule has 1 unspecified atom stereocenters. The highest BCUT2D eigenvalue weighted by Gasteiger charge is 2.26. The molecule has 2 aromatic carbocycles. The molecular formula is C21H17N2O. The second kappa shape index (κ2) is 5.60. The number of ether oxygens (including phenoxy) is 1. The molecule has 4 rings (SSSR count). The molecule has 0 spiro atoms. The number of para-hydroxylation sites is 2. The van der Waals surface area contributed by atoms with Gasteiger partial charge in [0.1, 0.15) is 11.4 Å². The van der Waals surface area contributed by atoms with Crippen molar-refractivity contribution in [2.24, 2.45) is 0 Å². The van der Waals surface area contributed by atoms with Crippen molar-refractivity contribution in [2.75, 3.05) is 0 Å². The number of hydrogen-bond donors (Lipinski definition) is 0. The van der Waals surface area contributed by atoms with Gasteiger partial charge in [-0.1, -0.05) is 30.3 Å². The highest BCUT2D eigenvalue weighted by Crippen LogP contribution is 2.34. The van der Waals surface area contributed by atoms with Crippen molar-refractivity contribution in [1.82, 2.24) is 9.97 Å². The van der Waals surface area contributed by atoms with Crippen LogP contribution in [0.3, 0.4) is 0 Å². The Bertz CT molecular complexity index is 1010. The number of fused-ring (bicyclic) bond motifs is 2. The van der Waals surface area contributed by atoms with Crippen LogP contribution in [0.1, 0.15) is 12.5 Å². The predicted octanol–water partition coefficient (Wildman–Crippen LogP) is 4.91. The molecule has 0 fully saturated rings. The minimum Gasteiger partial charge on any atom is -0.482 e. The van der Waals surface area contributed by atoms with E-state index in [4.69, 9.17) is 4.74 Å². The van der Waals surface area contributed by atoms with Crippen molar-refractivity contribution >= 4 is 21.8 Å². The van der Waals surface area contributed by atoms with Gasteiger partial charge >= 0.3 is 0 Å². The molecular weight excluding hydrogens is 296 g/mol. The Morgan fingerprint density at radius 1 is 0.792 bits per heavy atom. The summed E-state index contributed by atoms with van der Waals surface area (Å²) in [5.41, 5.74) is 2.11. The van der Waals surface area contributed by atoms with Crippen LogP contribution in [-0.4, -0.2) is 9.97 Å². The van der Waals surface area contributed by atoms with Gasteiger partial charge in [-0.05, 0) is 44.2 Å². The molecule has 2 aromatic heterocycles. The third-order valence-electron chi connectivity index (χ3n) is 4.16. The molecule has 0 bridgehead atoms. The minimum absolute atomic E-state index is 0.743. The second-order valence-electron chi connectivity index (χ2n) is 6.03. The Balaban J connectivity index is 1.82. The zero-order chi connectivity index (χ0) is 16.6. The number of pyridine rings is 2. The van der Waals surface area contributed by atoms with E-state index < -0.39 is 5.60 Å². The largest absolute Gasteiger partial charge is 0.482 e. The lowest BCUT2D eigenvalue weighted by molar-refractivity contribution is 0.142. The van der Waals surface area contributed by atoms with Gasteiger partial charge in [-0.25, -0.2) is 0 Å². The summed E-state index contributed by atoms with van der Waals surface area (Å²) >= 11 is 0. The van der Waals surface area contributed by atoms with E-state index in [1.54, 1.807) is 12.4 Å². The Morgan fingerprint density at radius 2 is 1.38 bits per heavy atom. The zero-order valence-corrected chi connectivity index (χ0v) is 13.4. The molecule has 1 atom stereocenters. The fourth-order valence-corrected chi connectivity index (χ4v) is 3.01. The van der Waals surface area contributed by atoms with E-state index in [1.807, 2.05) is 61.5 Å². The summed E-state index contributed by atoms with van der Waals surface area (Å²) in [7, 11) is 0. The Labute approximate surface area is 140 Å². The van der Waals surface area contributed by atoms with Crippen LogP contribution in [0, 0.1) is 6.92 Å². The average molecular weight is 313 g/mol. The number of rotatable bonds is 3. The SMILES string of the molecule is [CH2]C(C)(Oc1ccnc2ccccc12)c1ccnc2ccccc12. The van der Waals surface area contributed by atoms with Crippen LogP contribution < -0.4 is 4.74 Å². The van der Waals surface area contributed by atoms with Crippen molar-refractivity contribution in [1.29, 1.82) is 0 Å². The quantitative estimate of drug-likeness (QED) is 0.539. The fourth-order valence-electron chi connectivity index (χ4n) is 3.01. The average Bonchev–Trinajstić information content (AvgIpc) is 2.61. The van der Waals surface area contributed by atoms with E-state index in [0.29, 0.717) is 0 Å². The number of nitrogens with zero attached hydrogens (tertiary/aromatic N) is 2. The summed E-state index contributed by atoms with van der Waals surface area (Å²) in [6.45, 7) is 6.30. The first-order valence-corrected chi connectivity index (χ1v) is 7.87. The van der Waals surface area contributed by atoms with Gasteiger partial charge in [0.15, 0.2) is 0 Å². The van der Waals surface area contributed by atoms with E-state index in [9.17, 15) is 0 Å². The van der Waals surface area contributed by atoms with Gasteiger partial charge in [-0.15, -0.1) is 0 Å². The smallest absolute Gasteiger partial charge is 0.132 e. The molecule has 0 saturated carbocycles. The highest BCUT2D eigenvalue weighted by molar-refractivity contribution is 5.85. The summed E-state index contributed by atoms with van der Waals surface area (Å²) in [6, 6.07) is 19.8. The van der Waals surface area contributed by atoms with Crippen molar-refractivity contribution in [3.05, 3.63) is 85.5 Å². The van der Waals surface area contributed by atoms with E-state index >= 15 is 0 Å². The van der Waals surface area contributed by atoms with Gasteiger partial charge in [-0.3, -0.25) is 9.97 Å². The first-order chi connectivity index (χ1) is 11.6. The lowest BCUT2D eigenvalue weighted by atomic mass is 9.94. The molecule has 0 aliphatic rings. The molecule has 1 radical (unpaired) electrons. The summed E-state index contributed by atoms with van der Waals surface area (Å²) in [6.07, 6.45) is 3.56. The lowest BCUT2D eigenvalue weighted by Crippen LogP contribution is -2.26. The Kier molecular flexibility index (Phi) is 3.42. The van der Waals surface area contributed by atoms with Gasteiger partial charge in [0, 0.05) is 28.7 Å². The molecule has 2 heterocycles. The standard InChI is InChI=1S/C21H17N2O/c1-21(2,17-11-13-22-18-9-5-3-7-15(17)18)24-20-12-14-23-19-10-6-4-8-16(19)20/h3-14H,1H2,2H3. The van der Waals surface area contributed by atoms with E-state index in [0.717, 1.165) is 33.1 Å². The van der Waals surface area contributed by atoms with E-state index in [1.165, 1.54) is 0 Å². The monoisotopic (exact) mass is 313 g/mol. The van der Waals surface area contributed by atoms with E-state index in [-0.39, 0.29) is 0 Å². The van der Waals surface area contributed by atoms with Crippen LogP contribution in [-0.2, 0) is 5.60 Å². The number of hydrogen-bond acceptors (Lipinski definition) is 3. The van der Waals surface area contributed by atoms with Crippen molar-refractivity contribution in [3.8, 4) is 5.75 Å². The van der Waals surface area contributed by atoms with Crippen LogP contribution >= 0.6 is 0 Å². The van der Waals surface area contributed by atoms with Crippen LogP contribution in [0.2, 0.25) is 0 Å². The topological polar surface area (TPSA) is 35.0 Å².